The van der Waals surface area contributed by atoms with Gasteiger partial charge in [0.1, 0.15) is 0 Å². The molecule has 3 unspecified atom stereocenters. The second-order valence-corrected chi connectivity index (χ2v) is 6.10. The Bertz CT molecular complexity index is 402. The molecule has 0 amide bonds. The van der Waals surface area contributed by atoms with Crippen LogP contribution in [-0.2, 0) is 6.42 Å². The number of hydrogen-bond acceptors (Lipinski definition) is 2. The van der Waals surface area contributed by atoms with Gasteiger partial charge in [0.15, 0.2) is 0 Å². The topological polar surface area (TPSA) is 24.9 Å². The molecule has 18 heavy (non-hydrogen) atoms. The van der Waals surface area contributed by atoms with Crippen molar-refractivity contribution in [3.05, 3.63) is 29.6 Å². The van der Waals surface area contributed by atoms with E-state index in [2.05, 4.69) is 29.4 Å². The molecule has 0 aromatic carbocycles. The summed E-state index contributed by atoms with van der Waals surface area (Å²) >= 11 is 0. The summed E-state index contributed by atoms with van der Waals surface area (Å²) in [5.74, 6) is 2.43. The highest BCUT2D eigenvalue weighted by Gasteiger charge is 2.28. The van der Waals surface area contributed by atoms with Crippen molar-refractivity contribution in [2.75, 3.05) is 13.1 Å². The van der Waals surface area contributed by atoms with Gasteiger partial charge in [-0.1, -0.05) is 13.0 Å². The Hall–Kier alpha value is -0.890. The molecule has 98 valence electrons. The van der Waals surface area contributed by atoms with E-state index in [9.17, 15) is 0 Å². The van der Waals surface area contributed by atoms with Crippen LogP contribution in [0.5, 0.6) is 0 Å². The first kappa shape index (κ1) is 12.2. The highest BCUT2D eigenvalue weighted by atomic mass is 14.9. The van der Waals surface area contributed by atoms with Crippen LogP contribution in [0.4, 0.5) is 0 Å². The van der Waals surface area contributed by atoms with E-state index >= 15 is 0 Å². The summed E-state index contributed by atoms with van der Waals surface area (Å²) in [6.45, 7) is 4.84. The second-order valence-electron chi connectivity index (χ2n) is 6.10. The van der Waals surface area contributed by atoms with Crippen molar-refractivity contribution >= 4 is 0 Å². The summed E-state index contributed by atoms with van der Waals surface area (Å²) in [5.41, 5.74) is 2.91. The van der Waals surface area contributed by atoms with E-state index in [1.54, 1.807) is 0 Å². The lowest BCUT2D eigenvalue weighted by atomic mass is 9.76. The molecule has 2 heteroatoms. The van der Waals surface area contributed by atoms with E-state index in [1.807, 2.05) is 6.20 Å². The third-order valence-electron chi connectivity index (χ3n) is 4.89. The number of fused-ring (bicyclic) bond motifs is 1. The predicted octanol–water partition coefficient (Wildman–Crippen LogP) is 3.14. The first-order valence-electron chi connectivity index (χ1n) is 7.49. The molecule has 2 nitrogen and oxygen atoms in total. The fraction of sp³-hybridized carbons (Fsp3) is 0.688. The largest absolute Gasteiger partial charge is 0.316 e. The van der Waals surface area contributed by atoms with Crippen molar-refractivity contribution < 1.29 is 0 Å². The molecule has 0 bridgehead atoms. The molecule has 1 aromatic heterocycles. The zero-order valence-corrected chi connectivity index (χ0v) is 11.4. The van der Waals surface area contributed by atoms with Crippen LogP contribution in [0, 0.1) is 11.8 Å². The number of aromatic nitrogens is 1. The van der Waals surface area contributed by atoms with E-state index in [-0.39, 0.29) is 0 Å². The van der Waals surface area contributed by atoms with Gasteiger partial charge in [-0.25, -0.2) is 0 Å². The van der Waals surface area contributed by atoms with Crippen LogP contribution in [0.25, 0.3) is 0 Å². The molecule has 0 spiro atoms. The van der Waals surface area contributed by atoms with E-state index in [0.29, 0.717) is 5.92 Å². The highest BCUT2D eigenvalue weighted by molar-refractivity contribution is 5.26. The van der Waals surface area contributed by atoms with Crippen LogP contribution in [0.15, 0.2) is 18.3 Å². The van der Waals surface area contributed by atoms with Gasteiger partial charge in [0.2, 0.25) is 0 Å². The molecular weight excluding hydrogens is 220 g/mol. The van der Waals surface area contributed by atoms with Crippen molar-refractivity contribution in [3.63, 3.8) is 0 Å². The highest BCUT2D eigenvalue weighted by Crippen LogP contribution is 2.37. The maximum absolute atomic E-state index is 4.67. The lowest BCUT2D eigenvalue weighted by molar-refractivity contribution is 0.238. The average Bonchev–Trinajstić information content (AvgIpc) is 2.42. The van der Waals surface area contributed by atoms with E-state index < -0.39 is 0 Å². The first-order chi connectivity index (χ1) is 8.84. The minimum absolute atomic E-state index is 0.710. The zero-order chi connectivity index (χ0) is 12.4. The summed E-state index contributed by atoms with van der Waals surface area (Å²) < 4.78 is 0. The smallest absolute Gasteiger partial charge is 0.0466 e. The second kappa shape index (κ2) is 5.40. The Morgan fingerprint density at radius 1 is 1.39 bits per heavy atom. The quantitative estimate of drug-likeness (QED) is 0.864. The van der Waals surface area contributed by atoms with Crippen LogP contribution >= 0.6 is 0 Å². The summed E-state index contributed by atoms with van der Waals surface area (Å²) in [7, 11) is 0. The standard InChI is InChI=1S/C16H24N2/c1-12-7-9-17-11-15(12)10-14-5-2-4-13-6-3-8-18-16(13)14/h3,6,8,12,14-15,17H,2,4-5,7,9-11H2,1H3. The van der Waals surface area contributed by atoms with Crippen molar-refractivity contribution in [1.29, 1.82) is 0 Å². The maximum atomic E-state index is 4.67. The Morgan fingerprint density at radius 2 is 2.33 bits per heavy atom. The number of pyridine rings is 1. The van der Waals surface area contributed by atoms with Crippen molar-refractivity contribution in [2.24, 2.45) is 11.8 Å². The molecule has 3 rings (SSSR count). The Labute approximate surface area is 110 Å². The van der Waals surface area contributed by atoms with Crippen LogP contribution in [0.1, 0.15) is 49.8 Å². The normalized spacial score (nSPS) is 31.9. The van der Waals surface area contributed by atoms with Gasteiger partial charge in [0.25, 0.3) is 0 Å². The maximum Gasteiger partial charge on any atom is 0.0466 e. The lowest BCUT2D eigenvalue weighted by Crippen LogP contribution is -2.36. The van der Waals surface area contributed by atoms with Gasteiger partial charge in [-0.05, 0) is 68.7 Å². The molecule has 1 aliphatic carbocycles. The van der Waals surface area contributed by atoms with Crippen molar-refractivity contribution in [3.8, 4) is 0 Å². The lowest BCUT2D eigenvalue weighted by Gasteiger charge is -2.34. The molecule has 1 aliphatic heterocycles. The van der Waals surface area contributed by atoms with Gasteiger partial charge in [-0.3, -0.25) is 4.98 Å². The van der Waals surface area contributed by atoms with Gasteiger partial charge >= 0.3 is 0 Å². The van der Waals surface area contributed by atoms with Crippen LogP contribution in [0.2, 0.25) is 0 Å². The number of rotatable bonds is 2. The molecule has 3 atom stereocenters. The SMILES string of the molecule is CC1CCNCC1CC1CCCc2cccnc21. The molecule has 2 heterocycles. The third kappa shape index (κ3) is 2.44. The average molecular weight is 244 g/mol. The molecule has 1 fully saturated rings. The van der Waals surface area contributed by atoms with Gasteiger partial charge in [0.05, 0.1) is 0 Å². The summed E-state index contributed by atoms with van der Waals surface area (Å²) in [4.78, 5) is 4.67. The Kier molecular flexibility index (Phi) is 3.64. The van der Waals surface area contributed by atoms with Crippen LogP contribution < -0.4 is 5.32 Å². The Morgan fingerprint density at radius 3 is 3.22 bits per heavy atom. The fourth-order valence-electron chi connectivity index (χ4n) is 3.67. The predicted molar refractivity (Wildman–Crippen MR) is 74.7 cm³/mol. The number of aryl methyl sites for hydroxylation is 1. The number of hydrogen-bond donors (Lipinski definition) is 1. The van der Waals surface area contributed by atoms with Crippen LogP contribution in [-0.4, -0.2) is 18.1 Å². The van der Waals surface area contributed by atoms with Gasteiger partial charge in [0, 0.05) is 17.8 Å². The molecule has 2 aliphatic rings. The molecule has 1 saturated heterocycles. The fourth-order valence-corrected chi connectivity index (χ4v) is 3.67. The van der Waals surface area contributed by atoms with Crippen LogP contribution in [0.3, 0.4) is 0 Å². The van der Waals surface area contributed by atoms with E-state index in [1.165, 1.54) is 56.5 Å². The van der Waals surface area contributed by atoms with Gasteiger partial charge < -0.3 is 5.32 Å². The first-order valence-corrected chi connectivity index (χ1v) is 7.49. The van der Waals surface area contributed by atoms with Gasteiger partial charge in [-0.2, -0.15) is 0 Å². The summed E-state index contributed by atoms with van der Waals surface area (Å²) in [6, 6.07) is 4.36. The molecule has 0 radical (unpaired) electrons. The zero-order valence-electron chi connectivity index (χ0n) is 11.4. The summed E-state index contributed by atoms with van der Waals surface area (Å²) in [6.07, 6.45) is 8.56. The number of nitrogens with zero attached hydrogens (tertiary/aromatic N) is 1. The minimum atomic E-state index is 0.710. The van der Waals surface area contributed by atoms with E-state index in [0.717, 1.165) is 11.8 Å². The van der Waals surface area contributed by atoms with Gasteiger partial charge in [-0.15, -0.1) is 0 Å². The van der Waals surface area contributed by atoms with Crippen molar-refractivity contribution in [2.45, 2.75) is 44.9 Å². The minimum Gasteiger partial charge on any atom is -0.316 e. The Balaban J connectivity index is 1.73. The monoisotopic (exact) mass is 244 g/mol. The van der Waals surface area contributed by atoms with E-state index in [4.69, 9.17) is 0 Å². The molecular formula is C16H24N2. The van der Waals surface area contributed by atoms with Crippen molar-refractivity contribution in [1.82, 2.24) is 10.3 Å². The number of piperidine rings is 1. The molecule has 1 aromatic rings. The summed E-state index contributed by atoms with van der Waals surface area (Å²) in [5, 5.41) is 3.56. The third-order valence-corrected chi connectivity index (χ3v) is 4.89. The number of nitrogens with one attached hydrogen (secondary N) is 1. The molecule has 0 saturated carbocycles. The molecule has 1 N–H and O–H groups in total.